The molecule has 2 bridgehead atoms. The molecule has 3 aliphatic rings. The van der Waals surface area contributed by atoms with Crippen LogP contribution in [0.1, 0.15) is 23.6 Å². The van der Waals surface area contributed by atoms with Gasteiger partial charge in [0, 0.05) is 18.9 Å². The SMILES string of the molecule is CO[C@H]1[C@H]2OP(=O)(O)OC[C@H]3O[C@@H](c4scc5c(N)ncnc45)C[C@@H]3OP(=O)(O)OC[C@H]1O[C@H]2n1cnc2c(=O)[nH]c(N)nc21. The van der Waals surface area contributed by atoms with Gasteiger partial charge in [-0.05, 0) is 0 Å². The van der Waals surface area contributed by atoms with Crippen LogP contribution in [-0.4, -0.2) is 90.1 Å². The number of ether oxygens (including phenoxy) is 3. The average Bonchev–Trinajstić information content (AvgIpc) is 3.74. The second-order valence-electron chi connectivity index (χ2n) is 10.3. The maximum absolute atomic E-state index is 13.4. The third-order valence-electron chi connectivity index (χ3n) is 7.55. The summed E-state index contributed by atoms with van der Waals surface area (Å²) in [6, 6.07) is 0. The summed E-state index contributed by atoms with van der Waals surface area (Å²) in [6.45, 7) is -1.16. The summed E-state index contributed by atoms with van der Waals surface area (Å²) in [5.74, 6) is 0.0500. The Balaban J connectivity index is 1.20. The first-order chi connectivity index (χ1) is 21.4. The number of hydrogen-bond donors (Lipinski definition) is 5. The summed E-state index contributed by atoms with van der Waals surface area (Å²) in [5, 5.41) is 2.36. The van der Waals surface area contributed by atoms with Gasteiger partial charge in [0.1, 0.15) is 42.7 Å². The third kappa shape index (κ3) is 5.69. The Morgan fingerprint density at radius 2 is 1.80 bits per heavy atom. The predicted molar refractivity (Wildman–Crippen MR) is 153 cm³/mol. The van der Waals surface area contributed by atoms with Gasteiger partial charge in [0.15, 0.2) is 17.4 Å². The molecule has 3 saturated heterocycles. The van der Waals surface area contributed by atoms with Crippen LogP contribution < -0.4 is 17.0 Å². The van der Waals surface area contributed by atoms with E-state index in [2.05, 4.69) is 24.9 Å². The maximum Gasteiger partial charge on any atom is 0.472 e. The first kappa shape index (κ1) is 30.7. The molecule has 0 amide bonds. The van der Waals surface area contributed by atoms with Gasteiger partial charge >= 0.3 is 15.6 Å². The number of thiophene rings is 1. The van der Waals surface area contributed by atoms with Crippen molar-refractivity contribution in [2.75, 3.05) is 31.8 Å². The molecule has 7 heterocycles. The van der Waals surface area contributed by atoms with Crippen molar-refractivity contribution < 1.29 is 51.2 Å². The number of aromatic nitrogens is 6. The van der Waals surface area contributed by atoms with Gasteiger partial charge in [-0.15, -0.1) is 11.3 Å². The van der Waals surface area contributed by atoms with Crippen LogP contribution in [0.2, 0.25) is 0 Å². The van der Waals surface area contributed by atoms with E-state index in [1.807, 2.05) is 0 Å². The number of aromatic amines is 1. The molecule has 0 radical (unpaired) electrons. The van der Waals surface area contributed by atoms with Crippen LogP contribution in [-0.2, 0) is 41.4 Å². The number of phosphoric ester groups is 2. The summed E-state index contributed by atoms with van der Waals surface area (Å²) in [6.07, 6.45) is -5.41. The number of nitrogens with two attached hydrogens (primary N) is 2. The molecular weight excluding hydrogens is 662 g/mol. The number of imidazole rings is 1. The van der Waals surface area contributed by atoms with Crippen LogP contribution in [0.3, 0.4) is 0 Å². The highest BCUT2D eigenvalue weighted by Crippen LogP contribution is 2.54. The number of anilines is 2. The van der Waals surface area contributed by atoms with Crippen LogP contribution in [0.25, 0.3) is 22.1 Å². The number of nitrogens with one attached hydrogen (secondary N) is 1. The molecule has 0 aromatic carbocycles. The molecule has 0 aliphatic carbocycles. The van der Waals surface area contributed by atoms with Crippen molar-refractivity contribution in [1.29, 1.82) is 0 Å². The van der Waals surface area contributed by atoms with E-state index in [1.165, 1.54) is 35.7 Å². The Kier molecular flexibility index (Phi) is 7.79. The standard InChI is InChI=1S/C22H26N8O12P2S/c1-36-15-12-4-38-43(32,33)41-9-2-10(17-13-8(5-45-17)18(23)26-6-25-13)39-11(9)3-37-44(34,35)42-16(15)21(40-12)30-7-27-14-19(30)28-22(24)29-20(14)31/h5-7,9-12,15-16,21H,2-4H2,1H3,(H,32,33)(H,34,35)(H2,23,25,26)(H3,24,28,29,31)/t9-,10+,11+,12+,15+,16+,21+/m0/s1. The summed E-state index contributed by atoms with van der Waals surface area (Å²) in [5.41, 5.74) is 11.4. The fourth-order valence-corrected chi connectivity index (χ4v) is 8.53. The molecule has 242 valence electrons. The molecule has 0 spiro atoms. The molecule has 4 aromatic heterocycles. The van der Waals surface area contributed by atoms with Crippen LogP contribution >= 0.6 is 27.0 Å². The highest BCUT2D eigenvalue weighted by Gasteiger charge is 2.52. The number of H-pyrrole nitrogens is 1. The van der Waals surface area contributed by atoms with E-state index < -0.39 is 77.3 Å². The zero-order chi connectivity index (χ0) is 31.7. The Morgan fingerprint density at radius 1 is 1.04 bits per heavy atom. The van der Waals surface area contributed by atoms with Gasteiger partial charge in [-0.2, -0.15) is 4.98 Å². The molecule has 0 saturated carbocycles. The van der Waals surface area contributed by atoms with Crippen molar-refractivity contribution in [3.63, 3.8) is 0 Å². The van der Waals surface area contributed by atoms with Gasteiger partial charge in [0.2, 0.25) is 5.95 Å². The van der Waals surface area contributed by atoms with Gasteiger partial charge in [-0.1, -0.05) is 0 Å². The summed E-state index contributed by atoms with van der Waals surface area (Å²) in [7, 11) is -8.45. The lowest BCUT2D eigenvalue weighted by molar-refractivity contribution is -0.0633. The minimum Gasteiger partial charge on any atom is -0.383 e. The zero-order valence-corrected chi connectivity index (χ0v) is 25.7. The number of rotatable bonds is 3. The quantitative estimate of drug-likeness (QED) is 0.186. The topological polar surface area (TPSA) is 281 Å². The number of nitrogens with zero attached hydrogens (tertiary/aromatic N) is 5. The van der Waals surface area contributed by atoms with Gasteiger partial charge < -0.3 is 35.5 Å². The molecule has 3 aliphatic heterocycles. The van der Waals surface area contributed by atoms with E-state index in [4.69, 9.17) is 43.8 Å². The van der Waals surface area contributed by atoms with Crippen LogP contribution in [0, 0.1) is 0 Å². The van der Waals surface area contributed by atoms with E-state index >= 15 is 0 Å². The highest BCUT2D eigenvalue weighted by molar-refractivity contribution is 7.47. The maximum atomic E-state index is 13.4. The van der Waals surface area contributed by atoms with Gasteiger partial charge in [0.05, 0.1) is 41.4 Å². The highest BCUT2D eigenvalue weighted by atomic mass is 32.1. The number of phosphoric acid groups is 2. The molecule has 4 aromatic rings. The van der Waals surface area contributed by atoms with Gasteiger partial charge in [-0.3, -0.25) is 32.4 Å². The number of methoxy groups -OCH3 is 1. The Hall–Kier alpha value is -2.91. The first-order valence-electron chi connectivity index (χ1n) is 13.3. The molecule has 9 atom stereocenters. The van der Waals surface area contributed by atoms with Crippen molar-refractivity contribution in [1.82, 2.24) is 29.5 Å². The minimum atomic E-state index is -4.92. The second kappa shape index (κ2) is 11.4. The Morgan fingerprint density at radius 3 is 2.58 bits per heavy atom. The molecule has 3 fully saturated rings. The summed E-state index contributed by atoms with van der Waals surface area (Å²) < 4.78 is 67.2. The van der Waals surface area contributed by atoms with Gasteiger partial charge in [-0.25, -0.2) is 24.1 Å². The summed E-state index contributed by atoms with van der Waals surface area (Å²) >= 11 is 1.29. The molecule has 23 heteroatoms. The van der Waals surface area contributed by atoms with Crippen molar-refractivity contribution in [2.45, 2.75) is 49.3 Å². The predicted octanol–water partition coefficient (Wildman–Crippen LogP) is 0.749. The molecule has 2 unspecified atom stereocenters. The Labute approximate surface area is 255 Å². The first-order valence-corrected chi connectivity index (χ1v) is 17.1. The van der Waals surface area contributed by atoms with E-state index in [0.29, 0.717) is 15.8 Å². The average molecular weight is 689 g/mol. The van der Waals surface area contributed by atoms with E-state index in [1.54, 1.807) is 5.38 Å². The molecule has 7 rings (SSSR count). The number of nitrogen functional groups attached to an aromatic ring is 2. The van der Waals surface area contributed by atoms with Crippen LogP contribution in [0.15, 0.2) is 22.8 Å². The van der Waals surface area contributed by atoms with Gasteiger partial charge in [0.25, 0.3) is 5.56 Å². The van der Waals surface area contributed by atoms with Crippen LogP contribution in [0.5, 0.6) is 0 Å². The number of hydrogen-bond acceptors (Lipinski definition) is 17. The zero-order valence-electron chi connectivity index (χ0n) is 23.1. The molecule has 20 nitrogen and oxygen atoms in total. The van der Waals surface area contributed by atoms with Crippen molar-refractivity contribution in [2.24, 2.45) is 0 Å². The third-order valence-corrected chi connectivity index (χ3v) is 10.6. The van der Waals surface area contributed by atoms with E-state index in [9.17, 15) is 23.7 Å². The van der Waals surface area contributed by atoms with E-state index in [0.717, 1.165) is 0 Å². The van der Waals surface area contributed by atoms with Crippen molar-refractivity contribution >= 4 is 60.8 Å². The number of fused-ring (bicyclic) bond motifs is 5. The Bertz CT molecular complexity index is 1920. The lowest BCUT2D eigenvalue weighted by Gasteiger charge is -2.26. The van der Waals surface area contributed by atoms with E-state index in [-0.39, 0.29) is 29.4 Å². The minimum absolute atomic E-state index is 0.0291. The smallest absolute Gasteiger partial charge is 0.383 e. The second-order valence-corrected chi connectivity index (χ2v) is 14.0. The monoisotopic (exact) mass is 688 g/mol. The molecular formula is C22H26N8O12P2S. The molecule has 45 heavy (non-hydrogen) atoms. The fourth-order valence-electron chi connectivity index (χ4n) is 5.59. The summed E-state index contributed by atoms with van der Waals surface area (Å²) in [4.78, 5) is 53.3. The lowest BCUT2D eigenvalue weighted by Crippen LogP contribution is -2.37. The van der Waals surface area contributed by atoms with Crippen molar-refractivity contribution in [3.8, 4) is 0 Å². The normalized spacial score (nSPS) is 36.0. The largest absolute Gasteiger partial charge is 0.472 e. The van der Waals surface area contributed by atoms with Crippen molar-refractivity contribution in [3.05, 3.63) is 33.3 Å². The fraction of sp³-hybridized carbons (Fsp3) is 0.500. The lowest BCUT2D eigenvalue weighted by atomic mass is 10.1. The van der Waals surface area contributed by atoms with Crippen LogP contribution in [0.4, 0.5) is 11.8 Å². The molecule has 7 N–H and O–H groups in total.